The number of carbonyl (C=O) groups excluding carboxylic acids is 1. The summed E-state index contributed by atoms with van der Waals surface area (Å²) in [6.45, 7) is 7.68. The van der Waals surface area contributed by atoms with Gasteiger partial charge < -0.3 is 10.3 Å². The highest BCUT2D eigenvalue weighted by molar-refractivity contribution is 5.99. The molecule has 0 bridgehead atoms. The molecule has 3 aromatic carbocycles. The maximum Gasteiger partial charge on any atom is 0.229 e. The summed E-state index contributed by atoms with van der Waals surface area (Å²) < 4.78 is 14.6. The van der Waals surface area contributed by atoms with Crippen LogP contribution in [0, 0.1) is 18.2 Å². The van der Waals surface area contributed by atoms with E-state index in [0.717, 1.165) is 33.3 Å². The van der Waals surface area contributed by atoms with Crippen molar-refractivity contribution in [1.29, 1.82) is 0 Å². The molecule has 0 saturated carbocycles. The van der Waals surface area contributed by atoms with Crippen LogP contribution in [-0.2, 0) is 4.79 Å². The second kappa shape index (κ2) is 9.16. The molecule has 0 radical (unpaired) electrons. The summed E-state index contributed by atoms with van der Waals surface area (Å²) >= 11 is 0. The average molecular weight is 519 g/mol. The topological polar surface area (TPSA) is 99.3 Å². The van der Waals surface area contributed by atoms with Crippen LogP contribution in [0.15, 0.2) is 73.1 Å². The minimum atomic E-state index is -0.497. The number of imidazole rings is 1. The van der Waals surface area contributed by atoms with Crippen LogP contribution in [0.3, 0.4) is 0 Å². The van der Waals surface area contributed by atoms with Crippen LogP contribution in [0.1, 0.15) is 26.3 Å². The first-order chi connectivity index (χ1) is 18.7. The van der Waals surface area contributed by atoms with Crippen molar-refractivity contribution in [2.45, 2.75) is 27.7 Å². The lowest BCUT2D eigenvalue weighted by atomic mass is 9.95. The second-order valence-corrected chi connectivity index (χ2v) is 10.8. The molecule has 3 aromatic heterocycles. The Morgan fingerprint density at radius 2 is 1.74 bits per heavy atom. The third kappa shape index (κ3) is 4.54. The predicted molar refractivity (Wildman–Crippen MR) is 153 cm³/mol. The quantitative estimate of drug-likeness (QED) is 0.229. The fourth-order valence-electron chi connectivity index (χ4n) is 4.64. The van der Waals surface area contributed by atoms with E-state index in [4.69, 9.17) is 4.98 Å². The number of aryl methyl sites for hydroxylation is 1. The minimum absolute atomic E-state index is 0.0410. The van der Waals surface area contributed by atoms with Gasteiger partial charge in [-0.2, -0.15) is 5.10 Å². The SMILES string of the molecule is Cc1cc(NC(=O)C(C)(C)C)cc(-c2ccc3[nH]nc(-c4nc5c(-c6ccccc6F)cncc5[nH]4)c3c2)c1. The highest BCUT2D eigenvalue weighted by Gasteiger charge is 2.22. The molecule has 8 heteroatoms. The summed E-state index contributed by atoms with van der Waals surface area (Å²) in [6.07, 6.45) is 3.30. The molecule has 1 amide bonds. The second-order valence-electron chi connectivity index (χ2n) is 10.8. The average Bonchev–Trinajstić information content (AvgIpc) is 3.52. The number of rotatable bonds is 4. The van der Waals surface area contributed by atoms with Gasteiger partial charge >= 0.3 is 0 Å². The summed E-state index contributed by atoms with van der Waals surface area (Å²) in [4.78, 5) is 25.0. The molecule has 6 aromatic rings. The molecule has 0 aliphatic heterocycles. The van der Waals surface area contributed by atoms with Crippen molar-refractivity contribution in [1.82, 2.24) is 25.1 Å². The number of fused-ring (bicyclic) bond motifs is 2. The smallest absolute Gasteiger partial charge is 0.229 e. The van der Waals surface area contributed by atoms with Gasteiger partial charge in [0.1, 0.15) is 17.0 Å². The Hall–Kier alpha value is -4.85. The first-order valence-electron chi connectivity index (χ1n) is 12.7. The minimum Gasteiger partial charge on any atom is -0.335 e. The molecule has 0 aliphatic rings. The first kappa shape index (κ1) is 24.5. The van der Waals surface area contributed by atoms with Crippen molar-refractivity contribution >= 4 is 33.5 Å². The Morgan fingerprint density at radius 1 is 0.923 bits per heavy atom. The van der Waals surface area contributed by atoms with Gasteiger partial charge in [0.2, 0.25) is 5.91 Å². The number of anilines is 1. The van der Waals surface area contributed by atoms with Crippen molar-refractivity contribution in [3.63, 3.8) is 0 Å². The van der Waals surface area contributed by atoms with Crippen molar-refractivity contribution in [2.75, 3.05) is 5.32 Å². The lowest BCUT2D eigenvalue weighted by Gasteiger charge is -2.18. The van der Waals surface area contributed by atoms with Gasteiger partial charge in [0, 0.05) is 33.8 Å². The van der Waals surface area contributed by atoms with E-state index in [0.29, 0.717) is 33.7 Å². The number of hydrogen-bond acceptors (Lipinski definition) is 4. The summed E-state index contributed by atoms with van der Waals surface area (Å²) in [7, 11) is 0. The molecule has 7 nitrogen and oxygen atoms in total. The molecule has 39 heavy (non-hydrogen) atoms. The zero-order valence-corrected chi connectivity index (χ0v) is 22.1. The Morgan fingerprint density at radius 3 is 2.54 bits per heavy atom. The van der Waals surface area contributed by atoms with Crippen LogP contribution in [0.25, 0.3) is 55.7 Å². The summed E-state index contributed by atoms with van der Waals surface area (Å²) in [5.41, 5.74) is 7.11. The number of benzene rings is 3. The van der Waals surface area contributed by atoms with Gasteiger partial charge in [0.15, 0.2) is 5.82 Å². The highest BCUT2D eigenvalue weighted by Crippen LogP contribution is 2.34. The van der Waals surface area contributed by atoms with Crippen LogP contribution in [0.2, 0.25) is 0 Å². The maximum absolute atomic E-state index is 14.6. The van der Waals surface area contributed by atoms with Gasteiger partial charge in [-0.1, -0.05) is 51.1 Å². The van der Waals surface area contributed by atoms with E-state index in [1.54, 1.807) is 30.6 Å². The third-order valence-corrected chi connectivity index (χ3v) is 6.70. The van der Waals surface area contributed by atoms with Gasteiger partial charge in [-0.3, -0.25) is 14.9 Å². The van der Waals surface area contributed by atoms with Gasteiger partial charge in [-0.25, -0.2) is 9.37 Å². The fourth-order valence-corrected chi connectivity index (χ4v) is 4.64. The summed E-state index contributed by atoms with van der Waals surface area (Å²) in [6, 6.07) is 18.7. The summed E-state index contributed by atoms with van der Waals surface area (Å²) in [5.74, 6) is 0.185. The number of hydrogen-bond donors (Lipinski definition) is 3. The molecule has 3 heterocycles. The standard InChI is InChI=1S/C31H27FN6O/c1-17-11-19(13-20(12-17)34-30(39)31(2,3)4)18-9-10-25-22(14-18)28(38-37-25)29-35-26-16-33-15-23(27(26)36-29)21-7-5-6-8-24(21)32/h5-16H,1-4H3,(H,34,39)(H,35,36)(H,37,38). The molecule has 0 atom stereocenters. The molecule has 0 spiro atoms. The molecular weight excluding hydrogens is 491 g/mol. The molecule has 0 aliphatic carbocycles. The van der Waals surface area contributed by atoms with Crippen LogP contribution in [0.4, 0.5) is 10.1 Å². The van der Waals surface area contributed by atoms with Crippen LogP contribution in [0.5, 0.6) is 0 Å². The monoisotopic (exact) mass is 518 g/mol. The van der Waals surface area contributed by atoms with Crippen LogP contribution >= 0.6 is 0 Å². The van der Waals surface area contributed by atoms with Crippen molar-refractivity contribution in [2.24, 2.45) is 5.41 Å². The third-order valence-electron chi connectivity index (χ3n) is 6.70. The van der Waals surface area contributed by atoms with Gasteiger partial charge in [-0.05, 0) is 53.9 Å². The first-order valence-corrected chi connectivity index (χ1v) is 12.7. The lowest BCUT2D eigenvalue weighted by molar-refractivity contribution is -0.123. The number of nitrogens with one attached hydrogen (secondary N) is 3. The van der Waals surface area contributed by atoms with E-state index in [1.807, 2.05) is 52.0 Å². The number of pyridine rings is 1. The Bertz CT molecular complexity index is 1880. The lowest BCUT2D eigenvalue weighted by Crippen LogP contribution is -2.27. The normalized spacial score (nSPS) is 11.8. The van der Waals surface area contributed by atoms with E-state index >= 15 is 0 Å². The maximum atomic E-state index is 14.6. The Kier molecular flexibility index (Phi) is 5.75. The highest BCUT2D eigenvalue weighted by atomic mass is 19.1. The van der Waals surface area contributed by atoms with Crippen molar-refractivity contribution in [3.8, 4) is 33.8 Å². The van der Waals surface area contributed by atoms with Gasteiger partial charge in [0.25, 0.3) is 0 Å². The number of carbonyl (C=O) groups is 1. The molecule has 0 saturated heterocycles. The molecule has 0 unspecified atom stereocenters. The molecule has 194 valence electrons. The number of halogens is 1. The molecule has 0 fully saturated rings. The van der Waals surface area contributed by atoms with E-state index in [1.165, 1.54) is 6.07 Å². The Balaban J connectivity index is 1.43. The zero-order chi connectivity index (χ0) is 27.3. The van der Waals surface area contributed by atoms with Gasteiger partial charge in [0.05, 0.1) is 17.2 Å². The van der Waals surface area contributed by atoms with E-state index in [9.17, 15) is 9.18 Å². The van der Waals surface area contributed by atoms with E-state index < -0.39 is 5.41 Å². The number of H-pyrrole nitrogens is 2. The van der Waals surface area contributed by atoms with Crippen LogP contribution in [-0.4, -0.2) is 31.1 Å². The number of amides is 1. The van der Waals surface area contributed by atoms with E-state index in [2.05, 4.69) is 37.6 Å². The fraction of sp³-hybridized carbons (Fsp3) is 0.161. The van der Waals surface area contributed by atoms with E-state index in [-0.39, 0.29) is 11.7 Å². The molecular formula is C31H27FN6O. The zero-order valence-electron chi connectivity index (χ0n) is 22.1. The van der Waals surface area contributed by atoms with Gasteiger partial charge in [-0.15, -0.1) is 0 Å². The van der Waals surface area contributed by atoms with Crippen LogP contribution < -0.4 is 5.32 Å². The largest absolute Gasteiger partial charge is 0.335 e. The number of nitrogens with zero attached hydrogens (tertiary/aromatic N) is 3. The molecule has 3 N–H and O–H groups in total. The number of aromatic nitrogens is 5. The van der Waals surface area contributed by atoms with Crippen molar-refractivity contribution < 1.29 is 9.18 Å². The number of aromatic amines is 2. The van der Waals surface area contributed by atoms with Crippen molar-refractivity contribution in [3.05, 3.63) is 84.4 Å². The predicted octanol–water partition coefficient (Wildman–Crippen LogP) is 7.27. The Labute approximate surface area is 224 Å². The summed E-state index contributed by atoms with van der Waals surface area (Å²) in [5, 5.41) is 11.6. The molecule has 6 rings (SSSR count).